The summed E-state index contributed by atoms with van der Waals surface area (Å²) in [7, 11) is -8.98. The van der Waals surface area contributed by atoms with Crippen LogP contribution < -0.4 is 0 Å². The van der Waals surface area contributed by atoms with Gasteiger partial charge in [0.1, 0.15) is 20.2 Å². The molecule has 0 atom stereocenters. The Labute approximate surface area is 387 Å². The molecular weight excluding hydrogens is 874 g/mol. The van der Waals surface area contributed by atoms with Crippen LogP contribution in [0.25, 0.3) is 21.5 Å². The second-order valence-corrected chi connectivity index (χ2v) is 18.4. The van der Waals surface area contributed by atoms with Gasteiger partial charge in [-0.2, -0.15) is 0 Å². The van der Waals surface area contributed by atoms with E-state index < -0.39 is 20.2 Å². The number of hydrogen-bond donors (Lipinski definition) is 0. The first-order valence-corrected chi connectivity index (χ1v) is 24.8. The molecule has 0 amide bonds. The van der Waals surface area contributed by atoms with Crippen molar-refractivity contribution in [1.82, 2.24) is 0 Å². The maximum atomic E-state index is 11.9. The van der Waals surface area contributed by atoms with Gasteiger partial charge in [-0.15, -0.1) is 0 Å². The molecule has 0 N–H and O–H groups in total. The molecule has 4 rings (SSSR count). The fourth-order valence-electron chi connectivity index (χ4n) is 7.96. The summed E-state index contributed by atoms with van der Waals surface area (Å²) in [6.07, 6.45) is 27.1. The minimum atomic E-state index is -4.49. The third kappa shape index (κ3) is 17.7. The zero-order valence-corrected chi connectivity index (χ0v) is 41.8. The number of hydrogen-bond acceptors (Lipinski definition) is 6. The monoisotopic (exact) mass is 944 g/mol. The van der Waals surface area contributed by atoms with Crippen molar-refractivity contribution in [3.8, 4) is 0 Å². The molecule has 0 bridgehead atoms. The van der Waals surface area contributed by atoms with Crippen molar-refractivity contribution in [1.29, 1.82) is 0 Å². The van der Waals surface area contributed by atoms with Gasteiger partial charge in [0.05, 0.1) is 9.79 Å². The molecule has 0 spiro atoms. The van der Waals surface area contributed by atoms with E-state index >= 15 is 0 Å². The average Bonchev–Trinajstić information content (AvgIpc) is 3.17. The molecule has 0 radical (unpaired) electrons. The van der Waals surface area contributed by atoms with Crippen molar-refractivity contribution in [2.24, 2.45) is 0 Å². The molecule has 9 heteroatoms. The SMILES string of the molecule is CCCCCCCc1ccc(S(=O)(=O)[O-])c2c(CCCCCCC)cccc12.CCCCCCCc1ccc(S(=O)(=O)[O-])c2c(CCCCCCC)cccc12.[Ba+2]. The molecule has 312 valence electrons. The Kier molecular flexibility index (Phi) is 25.8. The fraction of sp³-hybridized carbons (Fsp3) is 0.583. The molecule has 4 aromatic rings. The van der Waals surface area contributed by atoms with Crippen molar-refractivity contribution in [3.63, 3.8) is 0 Å². The van der Waals surface area contributed by atoms with Crippen molar-refractivity contribution in [3.05, 3.63) is 82.9 Å². The first kappa shape index (κ1) is 51.9. The van der Waals surface area contributed by atoms with Gasteiger partial charge < -0.3 is 9.11 Å². The predicted molar refractivity (Wildman–Crippen MR) is 239 cm³/mol. The number of fused-ring (bicyclic) bond motifs is 2. The average molecular weight is 945 g/mol. The number of aryl methyl sites for hydroxylation is 4. The van der Waals surface area contributed by atoms with E-state index in [9.17, 15) is 25.9 Å². The Balaban J connectivity index is 0.000000387. The molecule has 0 fully saturated rings. The van der Waals surface area contributed by atoms with Crippen LogP contribution in [0.15, 0.2) is 70.5 Å². The van der Waals surface area contributed by atoms with Crippen LogP contribution in [0.5, 0.6) is 0 Å². The van der Waals surface area contributed by atoms with Crippen LogP contribution in [0.2, 0.25) is 0 Å². The van der Waals surface area contributed by atoms with E-state index in [1.54, 1.807) is 0 Å². The molecule has 0 aliphatic carbocycles. The van der Waals surface area contributed by atoms with Crippen LogP contribution in [-0.2, 0) is 45.9 Å². The Bertz CT molecular complexity index is 1830. The second kappa shape index (κ2) is 28.3. The topological polar surface area (TPSA) is 114 Å². The predicted octanol–water partition coefficient (Wildman–Crippen LogP) is 13.2. The third-order valence-corrected chi connectivity index (χ3v) is 12.9. The number of rotatable bonds is 26. The molecule has 0 aliphatic heterocycles. The number of unbranched alkanes of at least 4 members (excludes halogenated alkanes) is 16. The maximum Gasteiger partial charge on any atom is 2.00 e. The maximum absolute atomic E-state index is 11.9. The summed E-state index contributed by atoms with van der Waals surface area (Å²) >= 11 is 0. The van der Waals surface area contributed by atoms with Gasteiger partial charge in [0.2, 0.25) is 0 Å². The Morgan fingerprint density at radius 2 is 0.649 bits per heavy atom. The summed E-state index contributed by atoms with van der Waals surface area (Å²) in [5.74, 6) is 0. The second-order valence-electron chi connectivity index (χ2n) is 15.7. The van der Waals surface area contributed by atoms with Gasteiger partial charge in [0.15, 0.2) is 0 Å². The molecule has 6 nitrogen and oxygen atoms in total. The Morgan fingerprint density at radius 1 is 0.368 bits per heavy atom. The van der Waals surface area contributed by atoms with E-state index in [-0.39, 0.29) is 58.7 Å². The Morgan fingerprint density at radius 3 is 0.930 bits per heavy atom. The zero-order chi connectivity index (χ0) is 40.8. The largest absolute Gasteiger partial charge is 2.00 e. The normalized spacial score (nSPS) is 11.8. The summed E-state index contributed by atoms with van der Waals surface area (Å²) in [6.45, 7) is 8.80. The van der Waals surface area contributed by atoms with E-state index in [2.05, 4.69) is 27.7 Å². The fourth-order valence-corrected chi connectivity index (χ4v) is 9.41. The molecule has 0 heterocycles. The molecule has 0 aliphatic rings. The molecule has 0 saturated carbocycles. The van der Waals surface area contributed by atoms with Crippen molar-refractivity contribution in [2.75, 3.05) is 0 Å². The van der Waals surface area contributed by atoms with E-state index in [1.165, 1.54) is 102 Å². The van der Waals surface area contributed by atoms with E-state index in [4.69, 9.17) is 0 Å². The number of benzene rings is 4. The van der Waals surface area contributed by atoms with E-state index in [0.717, 1.165) is 97.2 Å². The third-order valence-electron chi connectivity index (χ3n) is 11.1. The van der Waals surface area contributed by atoms with Crippen LogP contribution in [0.3, 0.4) is 0 Å². The van der Waals surface area contributed by atoms with Gasteiger partial charge in [0.25, 0.3) is 0 Å². The van der Waals surface area contributed by atoms with Gasteiger partial charge in [-0.05, 0) is 96.5 Å². The summed E-state index contributed by atoms with van der Waals surface area (Å²) in [6, 6.07) is 18.7. The van der Waals surface area contributed by atoms with Gasteiger partial charge in [-0.25, -0.2) is 16.8 Å². The smallest absolute Gasteiger partial charge is 0.744 e. The molecule has 57 heavy (non-hydrogen) atoms. The van der Waals surface area contributed by atoms with E-state index in [0.29, 0.717) is 10.8 Å². The van der Waals surface area contributed by atoms with Gasteiger partial charge >= 0.3 is 48.9 Å². The minimum Gasteiger partial charge on any atom is -0.744 e. The van der Waals surface area contributed by atoms with Gasteiger partial charge in [0, 0.05) is 10.8 Å². The van der Waals surface area contributed by atoms with Crippen LogP contribution in [0.1, 0.15) is 178 Å². The summed E-state index contributed by atoms with van der Waals surface area (Å²) in [4.78, 5) is -0.109. The molecular formula is C48H70BaO6S2. The summed E-state index contributed by atoms with van der Waals surface area (Å²) in [5.41, 5.74) is 4.31. The minimum absolute atomic E-state index is 0. The van der Waals surface area contributed by atoms with Crippen molar-refractivity contribution < 1.29 is 25.9 Å². The zero-order valence-electron chi connectivity index (χ0n) is 35.7. The van der Waals surface area contributed by atoms with Crippen LogP contribution in [0.4, 0.5) is 0 Å². The molecule has 0 saturated heterocycles. The van der Waals surface area contributed by atoms with Crippen molar-refractivity contribution >= 4 is 90.7 Å². The van der Waals surface area contributed by atoms with Gasteiger partial charge in [-0.1, -0.05) is 179 Å². The first-order chi connectivity index (χ1) is 27.0. The first-order valence-electron chi connectivity index (χ1n) is 22.0. The molecule has 0 unspecified atom stereocenters. The van der Waals surface area contributed by atoms with Crippen molar-refractivity contribution in [2.45, 2.75) is 192 Å². The van der Waals surface area contributed by atoms with Crippen LogP contribution in [0, 0.1) is 0 Å². The van der Waals surface area contributed by atoms with Gasteiger partial charge in [-0.3, -0.25) is 0 Å². The van der Waals surface area contributed by atoms with Crippen LogP contribution >= 0.6 is 0 Å². The quantitative estimate of drug-likeness (QED) is 0.0352. The Hall–Kier alpha value is -1.21. The summed E-state index contributed by atoms with van der Waals surface area (Å²) < 4.78 is 71.4. The standard InChI is InChI=1S/2C24H36O3S.Ba/c2*1-3-5-7-9-11-14-20-18-19-23(28(25,26)27)24-21(16-13-17-22(20)24)15-12-10-8-6-4-2;/h2*13,16-19H,3-12,14-15H2,1-2H3,(H,25,26,27);/q;;+2/p-2. The van der Waals surface area contributed by atoms with Crippen LogP contribution in [-0.4, -0.2) is 74.8 Å². The van der Waals surface area contributed by atoms with E-state index in [1.807, 2.05) is 48.5 Å². The molecule has 0 aromatic heterocycles. The molecule has 4 aromatic carbocycles. The summed E-state index contributed by atoms with van der Waals surface area (Å²) in [5, 5.41) is 3.22.